The third kappa shape index (κ3) is 18.5. The molecule has 7 atom stereocenters. The van der Waals surface area contributed by atoms with Crippen molar-refractivity contribution in [1.82, 2.24) is 0 Å². The number of hydrogen-bond donors (Lipinski definition) is 6. The first-order valence-corrected chi connectivity index (χ1v) is 13.9. The summed E-state index contributed by atoms with van der Waals surface area (Å²) in [4.78, 5) is 23.4. The maximum absolute atomic E-state index is 11.9. The Labute approximate surface area is 237 Å². The lowest BCUT2D eigenvalue weighted by Crippen LogP contribution is -2.28. The summed E-state index contributed by atoms with van der Waals surface area (Å²) in [6, 6.07) is 0. The third-order valence-corrected chi connectivity index (χ3v) is 6.38. The lowest BCUT2D eigenvalue weighted by atomic mass is 9.94. The molecular formula is C31H46O9. The Bertz CT molecular complexity index is 902. The molecule has 224 valence electrons. The molecule has 0 aromatic carbocycles. The normalized spacial score (nSPS) is 36.2. The Hall–Kier alpha value is -2.82. The molecule has 6 N–H and O–H groups in total. The maximum atomic E-state index is 11.9. The number of ether oxygens (including phenoxy) is 1. The first-order chi connectivity index (χ1) is 19.1. The summed E-state index contributed by atoms with van der Waals surface area (Å²) < 4.78 is 5.22. The van der Waals surface area contributed by atoms with E-state index in [1.807, 2.05) is 6.92 Å². The molecule has 0 spiro atoms. The maximum Gasteiger partial charge on any atom is 0.330 e. The number of carbonyl (C=O) groups is 2. The van der Waals surface area contributed by atoms with Gasteiger partial charge in [-0.2, -0.15) is 0 Å². The van der Waals surface area contributed by atoms with Gasteiger partial charge in [0.2, 0.25) is 0 Å². The van der Waals surface area contributed by atoms with Crippen molar-refractivity contribution in [3.8, 4) is 0 Å². The van der Waals surface area contributed by atoms with Crippen LogP contribution in [-0.2, 0) is 14.3 Å². The molecule has 7 unspecified atom stereocenters. The van der Waals surface area contributed by atoms with Crippen LogP contribution in [0.2, 0.25) is 0 Å². The highest BCUT2D eigenvalue weighted by Crippen LogP contribution is 2.19. The fraction of sp³-hybridized carbons (Fsp3) is 0.548. The number of aliphatic hydroxyl groups excluding tert-OH is 5. The molecule has 0 bridgehead atoms. The Morgan fingerprint density at radius 3 is 1.57 bits per heavy atom. The summed E-state index contributed by atoms with van der Waals surface area (Å²) >= 11 is 0. The first kappa shape index (κ1) is 35.2. The molecular weight excluding hydrogens is 516 g/mol. The lowest BCUT2D eigenvalue weighted by Gasteiger charge is -2.22. The van der Waals surface area contributed by atoms with Gasteiger partial charge in [-0.3, -0.25) is 4.79 Å². The highest BCUT2D eigenvalue weighted by molar-refractivity contribution is 5.82. The number of carboxylic acid groups (broad SMARTS) is 1. The van der Waals surface area contributed by atoms with Crippen LogP contribution in [0.25, 0.3) is 0 Å². The van der Waals surface area contributed by atoms with Gasteiger partial charge in [-0.15, -0.1) is 0 Å². The van der Waals surface area contributed by atoms with E-state index in [2.05, 4.69) is 0 Å². The Morgan fingerprint density at radius 2 is 1.07 bits per heavy atom. The minimum Gasteiger partial charge on any atom is -0.481 e. The van der Waals surface area contributed by atoms with Crippen LogP contribution in [0.15, 0.2) is 72.9 Å². The summed E-state index contributed by atoms with van der Waals surface area (Å²) in [6.07, 6.45) is 16.5. The standard InChI is InChI=1S/C31H46O9/c1-23-14-16-25(32)18-27(34)20-29(36)21-28(35)19-26(33)17-15-24(31(38)39)12-10-8-6-4-2-3-5-7-9-11-13-30(37)40-22-23/h2-13,23-29,32-36H,14-22H2,1H3,(H,38,39)/b4-2+,5-3+,8-6+,9-7-,12-10-,13-11+. The van der Waals surface area contributed by atoms with Crippen molar-refractivity contribution < 1.29 is 45.0 Å². The van der Waals surface area contributed by atoms with Crippen molar-refractivity contribution in [2.45, 2.75) is 88.8 Å². The van der Waals surface area contributed by atoms with Gasteiger partial charge >= 0.3 is 11.9 Å². The van der Waals surface area contributed by atoms with E-state index in [0.717, 1.165) is 0 Å². The van der Waals surface area contributed by atoms with E-state index >= 15 is 0 Å². The minimum absolute atomic E-state index is 0.0113. The predicted molar refractivity (Wildman–Crippen MR) is 153 cm³/mol. The molecule has 0 saturated heterocycles. The van der Waals surface area contributed by atoms with E-state index < -0.39 is 48.4 Å². The van der Waals surface area contributed by atoms with Gasteiger partial charge in [0.1, 0.15) is 0 Å². The van der Waals surface area contributed by atoms with E-state index in [1.165, 1.54) is 12.2 Å². The van der Waals surface area contributed by atoms with Crippen LogP contribution >= 0.6 is 0 Å². The molecule has 0 aromatic heterocycles. The van der Waals surface area contributed by atoms with Crippen LogP contribution in [-0.4, -0.2) is 79.7 Å². The molecule has 0 aliphatic carbocycles. The first-order valence-electron chi connectivity index (χ1n) is 13.9. The van der Waals surface area contributed by atoms with Crippen molar-refractivity contribution >= 4 is 11.9 Å². The molecule has 9 heteroatoms. The molecule has 1 aliphatic rings. The summed E-state index contributed by atoms with van der Waals surface area (Å²) in [7, 11) is 0. The highest BCUT2D eigenvalue weighted by Gasteiger charge is 2.22. The van der Waals surface area contributed by atoms with Gasteiger partial charge in [-0.05, 0) is 57.3 Å². The number of cyclic esters (lactones) is 1. The number of aliphatic hydroxyl groups is 5. The molecule has 0 aromatic rings. The Morgan fingerprint density at radius 1 is 0.650 bits per heavy atom. The summed E-state index contributed by atoms with van der Waals surface area (Å²) in [5, 5.41) is 60.7. The van der Waals surface area contributed by atoms with E-state index in [0.29, 0.717) is 12.8 Å². The summed E-state index contributed by atoms with van der Waals surface area (Å²) in [5.74, 6) is -2.27. The molecule has 1 heterocycles. The van der Waals surface area contributed by atoms with E-state index in [1.54, 1.807) is 60.8 Å². The Balaban J connectivity index is 2.81. The van der Waals surface area contributed by atoms with E-state index in [-0.39, 0.29) is 51.0 Å². The second-order valence-corrected chi connectivity index (χ2v) is 10.3. The fourth-order valence-corrected chi connectivity index (χ4v) is 4.13. The van der Waals surface area contributed by atoms with Gasteiger partial charge in [0.25, 0.3) is 0 Å². The van der Waals surface area contributed by atoms with Crippen LogP contribution in [0.4, 0.5) is 0 Å². The fourth-order valence-electron chi connectivity index (χ4n) is 4.13. The Kier molecular flexibility index (Phi) is 18.5. The average Bonchev–Trinajstić information content (AvgIpc) is 2.87. The van der Waals surface area contributed by atoms with Gasteiger partial charge in [-0.1, -0.05) is 73.8 Å². The van der Waals surface area contributed by atoms with Crippen molar-refractivity contribution in [3.63, 3.8) is 0 Å². The van der Waals surface area contributed by atoms with Crippen molar-refractivity contribution in [2.24, 2.45) is 11.8 Å². The number of rotatable bonds is 1. The lowest BCUT2D eigenvalue weighted by molar-refractivity contribution is -0.140. The molecule has 0 fully saturated rings. The number of hydrogen-bond acceptors (Lipinski definition) is 8. The second kappa shape index (κ2) is 21.0. The topological polar surface area (TPSA) is 165 Å². The second-order valence-electron chi connectivity index (χ2n) is 10.3. The predicted octanol–water partition coefficient (Wildman–Crippen LogP) is 3.14. The number of esters is 1. The molecule has 40 heavy (non-hydrogen) atoms. The van der Waals surface area contributed by atoms with Gasteiger partial charge in [0.05, 0.1) is 43.0 Å². The zero-order chi connectivity index (χ0) is 29.8. The summed E-state index contributed by atoms with van der Waals surface area (Å²) in [6.45, 7) is 2.10. The van der Waals surface area contributed by atoms with Crippen LogP contribution in [0, 0.1) is 11.8 Å². The van der Waals surface area contributed by atoms with Crippen molar-refractivity contribution in [2.75, 3.05) is 6.61 Å². The van der Waals surface area contributed by atoms with Crippen LogP contribution in [0.1, 0.15) is 58.3 Å². The van der Waals surface area contributed by atoms with Crippen LogP contribution < -0.4 is 0 Å². The highest BCUT2D eigenvalue weighted by atomic mass is 16.5. The minimum atomic E-state index is -1.03. The van der Waals surface area contributed by atoms with E-state index in [4.69, 9.17) is 4.74 Å². The van der Waals surface area contributed by atoms with E-state index in [9.17, 15) is 40.2 Å². The summed E-state index contributed by atoms with van der Waals surface area (Å²) in [5.41, 5.74) is 0. The SMILES string of the molecule is CC1CCC(O)CC(O)CC(O)CC(O)CC(O)CCC(C(=O)O)\C=C/C=C/C=C/C=C/C=C\C=C\C(=O)OC1. The van der Waals surface area contributed by atoms with Gasteiger partial charge in [0, 0.05) is 6.08 Å². The third-order valence-electron chi connectivity index (χ3n) is 6.38. The zero-order valence-electron chi connectivity index (χ0n) is 23.2. The average molecular weight is 563 g/mol. The quantitative estimate of drug-likeness (QED) is 0.263. The zero-order valence-corrected chi connectivity index (χ0v) is 23.2. The van der Waals surface area contributed by atoms with Crippen LogP contribution in [0.3, 0.4) is 0 Å². The molecule has 9 nitrogen and oxygen atoms in total. The smallest absolute Gasteiger partial charge is 0.330 e. The molecule has 0 radical (unpaired) electrons. The number of aliphatic carboxylic acids is 1. The number of carboxylic acids is 1. The molecule has 1 aliphatic heterocycles. The van der Waals surface area contributed by atoms with Gasteiger partial charge in [-0.25, -0.2) is 4.79 Å². The number of carbonyl (C=O) groups excluding carboxylic acids is 1. The van der Waals surface area contributed by atoms with Gasteiger partial charge < -0.3 is 35.4 Å². The molecule has 1 rings (SSSR count). The largest absolute Gasteiger partial charge is 0.481 e. The monoisotopic (exact) mass is 562 g/mol. The number of allylic oxidation sites excluding steroid dienone is 10. The van der Waals surface area contributed by atoms with Crippen LogP contribution in [0.5, 0.6) is 0 Å². The molecule has 0 saturated carbocycles. The van der Waals surface area contributed by atoms with Gasteiger partial charge in [0.15, 0.2) is 0 Å². The van der Waals surface area contributed by atoms with Crippen molar-refractivity contribution in [3.05, 3.63) is 72.9 Å². The molecule has 0 amide bonds. The van der Waals surface area contributed by atoms with Crippen molar-refractivity contribution in [1.29, 1.82) is 0 Å².